The molecule has 3 aliphatic heterocycles. The van der Waals surface area contributed by atoms with Crippen molar-refractivity contribution in [2.24, 2.45) is 11.8 Å². The summed E-state index contributed by atoms with van der Waals surface area (Å²) in [6.07, 6.45) is 4.78. The second-order valence-corrected chi connectivity index (χ2v) is 12.4. The van der Waals surface area contributed by atoms with E-state index in [0.29, 0.717) is 30.0 Å². The molecular weight excluding hydrogens is 548 g/mol. The summed E-state index contributed by atoms with van der Waals surface area (Å²) in [7, 11) is 0. The summed E-state index contributed by atoms with van der Waals surface area (Å²) in [4.78, 5) is 45.5. The molecule has 6 atom stereocenters. The average Bonchev–Trinajstić information content (AvgIpc) is 3.61. The van der Waals surface area contributed by atoms with Crippen LogP contribution in [0, 0.1) is 11.8 Å². The number of esters is 1. The molecule has 9 heteroatoms. The number of rotatable bonds is 11. The molecule has 1 spiro atoms. The van der Waals surface area contributed by atoms with Gasteiger partial charge in [-0.3, -0.25) is 14.4 Å². The van der Waals surface area contributed by atoms with E-state index in [-0.39, 0.29) is 36.8 Å². The Morgan fingerprint density at radius 3 is 2.58 bits per heavy atom. The maximum atomic E-state index is 14.7. The summed E-state index contributed by atoms with van der Waals surface area (Å²) < 4.78 is 4.62. The van der Waals surface area contributed by atoms with Crippen LogP contribution in [-0.2, 0) is 25.5 Å². The van der Waals surface area contributed by atoms with E-state index in [4.69, 9.17) is 16.3 Å². The van der Waals surface area contributed by atoms with Crippen molar-refractivity contribution >= 4 is 46.8 Å². The Kier molecular flexibility index (Phi) is 8.40. The second kappa shape index (κ2) is 11.8. The molecule has 2 aromatic carbocycles. The van der Waals surface area contributed by atoms with Gasteiger partial charge < -0.3 is 19.6 Å². The number of nitrogens with zero attached hydrogens (tertiary/aromatic N) is 2. The lowest BCUT2D eigenvalue weighted by molar-refractivity contribution is -0.153. The number of likely N-dealkylation sites (tertiary alicyclic amines) is 1. The van der Waals surface area contributed by atoms with E-state index in [9.17, 15) is 19.5 Å². The minimum Gasteiger partial charge on any atom is -0.461 e. The van der Waals surface area contributed by atoms with Gasteiger partial charge in [0.25, 0.3) is 5.91 Å². The molecule has 2 aromatic rings. The molecule has 3 heterocycles. The van der Waals surface area contributed by atoms with Crippen molar-refractivity contribution < 1.29 is 24.2 Å². The quantitative estimate of drug-likeness (QED) is 0.315. The molecular formula is C31H33ClN2O5S. The predicted octanol–water partition coefficient (Wildman–Crippen LogP) is 4.28. The Morgan fingerprint density at radius 2 is 1.90 bits per heavy atom. The standard InChI is InChI=1S/C31H33ClN2O5S/c1-3-16-33(23-13-9-8-12-22(23)32)29(37)27-31-15-14-24(40-31)25(30(38)39-17-4-2)26(31)28(36)34(27)21(19-35)18-20-10-6-5-7-11-20/h3-13,21,24-27,35H,1-2,14-19H2/t21-,24-,25+,26+,27?,31?/m1/s1. The van der Waals surface area contributed by atoms with E-state index in [1.807, 2.05) is 30.3 Å². The Bertz CT molecular complexity index is 1310. The minimum absolute atomic E-state index is 0.0552. The van der Waals surface area contributed by atoms with Gasteiger partial charge in [-0.2, -0.15) is 0 Å². The zero-order valence-corrected chi connectivity index (χ0v) is 23.7. The van der Waals surface area contributed by atoms with Crippen LogP contribution in [0.25, 0.3) is 0 Å². The monoisotopic (exact) mass is 580 g/mol. The van der Waals surface area contributed by atoms with Crippen LogP contribution in [0.5, 0.6) is 0 Å². The molecule has 40 heavy (non-hydrogen) atoms. The molecule has 210 valence electrons. The minimum atomic E-state index is -0.908. The van der Waals surface area contributed by atoms with E-state index in [2.05, 4.69) is 13.2 Å². The number of anilines is 1. The normalized spacial score (nSPS) is 27.2. The van der Waals surface area contributed by atoms with E-state index in [1.165, 1.54) is 6.08 Å². The van der Waals surface area contributed by atoms with Crippen LogP contribution < -0.4 is 4.90 Å². The summed E-state index contributed by atoms with van der Waals surface area (Å²) in [5.41, 5.74) is 1.45. The third-order valence-corrected chi connectivity index (χ3v) is 10.5. The van der Waals surface area contributed by atoms with Crippen molar-refractivity contribution in [3.63, 3.8) is 0 Å². The first-order valence-corrected chi connectivity index (χ1v) is 14.7. The molecule has 3 saturated heterocycles. The van der Waals surface area contributed by atoms with Crippen molar-refractivity contribution in [2.75, 3.05) is 24.7 Å². The number of para-hydroxylation sites is 1. The number of hydrogen-bond acceptors (Lipinski definition) is 6. The van der Waals surface area contributed by atoms with Crippen LogP contribution >= 0.6 is 23.4 Å². The molecule has 0 radical (unpaired) electrons. The predicted molar refractivity (Wildman–Crippen MR) is 157 cm³/mol. The molecule has 2 unspecified atom stereocenters. The highest BCUT2D eigenvalue weighted by Crippen LogP contribution is 2.67. The van der Waals surface area contributed by atoms with Crippen LogP contribution in [0.4, 0.5) is 5.69 Å². The highest BCUT2D eigenvalue weighted by Gasteiger charge is 2.74. The zero-order valence-electron chi connectivity index (χ0n) is 22.2. The van der Waals surface area contributed by atoms with Gasteiger partial charge in [-0.05, 0) is 37.0 Å². The summed E-state index contributed by atoms with van der Waals surface area (Å²) >= 11 is 8.10. The largest absolute Gasteiger partial charge is 0.461 e. The topological polar surface area (TPSA) is 87.1 Å². The van der Waals surface area contributed by atoms with Crippen LogP contribution in [0.15, 0.2) is 79.9 Å². The van der Waals surface area contributed by atoms with E-state index in [0.717, 1.165) is 5.56 Å². The molecule has 0 aromatic heterocycles. The fourth-order valence-corrected chi connectivity index (χ4v) is 9.09. The maximum absolute atomic E-state index is 14.7. The lowest BCUT2D eigenvalue weighted by Gasteiger charge is -2.39. The summed E-state index contributed by atoms with van der Waals surface area (Å²) in [6.45, 7) is 7.38. The number of carbonyl (C=O) groups is 3. The number of carbonyl (C=O) groups excluding carboxylic acids is 3. The molecule has 7 nitrogen and oxygen atoms in total. The van der Waals surface area contributed by atoms with Crippen LogP contribution in [-0.4, -0.2) is 69.6 Å². The Morgan fingerprint density at radius 1 is 1.18 bits per heavy atom. The van der Waals surface area contributed by atoms with Gasteiger partial charge in [0.15, 0.2) is 0 Å². The number of aliphatic hydroxyl groups is 1. The number of halogens is 1. The van der Waals surface area contributed by atoms with Crippen LogP contribution in [0.1, 0.15) is 18.4 Å². The fourth-order valence-electron chi connectivity index (χ4n) is 6.66. The van der Waals surface area contributed by atoms with Crippen molar-refractivity contribution in [2.45, 2.75) is 41.3 Å². The highest BCUT2D eigenvalue weighted by molar-refractivity contribution is 8.02. The summed E-state index contributed by atoms with van der Waals surface area (Å²) in [6, 6.07) is 15.1. The first-order chi connectivity index (χ1) is 19.4. The first kappa shape index (κ1) is 28.5. The van der Waals surface area contributed by atoms with E-state index < -0.39 is 34.6 Å². The molecule has 0 aliphatic carbocycles. The second-order valence-electron chi connectivity index (χ2n) is 10.4. The molecule has 3 fully saturated rings. The van der Waals surface area contributed by atoms with Gasteiger partial charge in [0, 0.05) is 11.8 Å². The number of fused-ring (bicyclic) bond motifs is 1. The van der Waals surface area contributed by atoms with Crippen molar-refractivity contribution in [1.82, 2.24) is 4.90 Å². The molecule has 5 rings (SSSR count). The van der Waals surface area contributed by atoms with Gasteiger partial charge in [-0.25, -0.2) is 0 Å². The SMILES string of the molecule is C=CCOC(=O)[C@@H]1[C@H]2C(=O)N([C@@H](CO)Cc3ccccc3)C(C(=O)N(CC=C)c3ccccc3Cl)C23CC[C@H]1S3. The van der Waals surface area contributed by atoms with Crippen molar-refractivity contribution in [3.05, 3.63) is 90.5 Å². The third kappa shape index (κ3) is 4.76. The smallest absolute Gasteiger partial charge is 0.311 e. The van der Waals surface area contributed by atoms with Gasteiger partial charge in [0.2, 0.25) is 5.91 Å². The Labute approximate surface area is 243 Å². The van der Waals surface area contributed by atoms with E-state index in [1.54, 1.807) is 51.9 Å². The lowest BCUT2D eigenvalue weighted by Crippen LogP contribution is -2.58. The van der Waals surface area contributed by atoms with Gasteiger partial charge in [0.1, 0.15) is 12.6 Å². The first-order valence-electron chi connectivity index (χ1n) is 13.5. The number of hydrogen-bond donors (Lipinski definition) is 1. The number of thioether (sulfide) groups is 1. The molecule has 0 saturated carbocycles. The molecule has 2 amide bonds. The molecule has 1 N–H and O–H groups in total. The maximum Gasteiger partial charge on any atom is 0.311 e. The Balaban J connectivity index is 1.60. The highest BCUT2D eigenvalue weighted by atomic mass is 35.5. The summed E-state index contributed by atoms with van der Waals surface area (Å²) in [5, 5.41) is 10.9. The van der Waals surface area contributed by atoms with Crippen molar-refractivity contribution in [1.29, 1.82) is 0 Å². The number of amides is 2. The van der Waals surface area contributed by atoms with Gasteiger partial charge in [-0.15, -0.1) is 18.3 Å². The van der Waals surface area contributed by atoms with Crippen LogP contribution in [0.2, 0.25) is 5.02 Å². The fraction of sp³-hybridized carbons (Fsp3) is 0.387. The lowest BCUT2D eigenvalue weighted by atomic mass is 9.71. The number of ether oxygens (including phenoxy) is 1. The average molecular weight is 581 g/mol. The van der Waals surface area contributed by atoms with Gasteiger partial charge in [-0.1, -0.05) is 72.8 Å². The summed E-state index contributed by atoms with van der Waals surface area (Å²) in [5.74, 6) is -2.44. The Hall–Kier alpha value is -3.07. The van der Waals surface area contributed by atoms with Gasteiger partial charge in [0.05, 0.1) is 39.9 Å². The molecule has 3 aliphatic rings. The van der Waals surface area contributed by atoms with Gasteiger partial charge >= 0.3 is 5.97 Å². The van der Waals surface area contributed by atoms with Crippen molar-refractivity contribution in [3.8, 4) is 0 Å². The third-order valence-electron chi connectivity index (χ3n) is 8.23. The zero-order chi connectivity index (χ0) is 28.4. The molecule has 2 bridgehead atoms. The van der Waals surface area contributed by atoms with E-state index >= 15 is 0 Å². The number of aliphatic hydroxyl groups excluding tert-OH is 1. The van der Waals surface area contributed by atoms with Crippen LogP contribution in [0.3, 0.4) is 0 Å². The number of benzene rings is 2.